The lowest BCUT2D eigenvalue weighted by molar-refractivity contribution is -0.137. The number of hydrogen-bond acceptors (Lipinski definition) is 13. The molecule has 0 unspecified atom stereocenters. The molecule has 2 aromatic carbocycles. The van der Waals surface area contributed by atoms with E-state index in [9.17, 15) is 18.0 Å². The third-order valence-electron chi connectivity index (χ3n) is 6.31. The largest absolute Gasteiger partial charge is 0.460 e. The predicted molar refractivity (Wildman–Crippen MR) is 178 cm³/mol. The van der Waals surface area contributed by atoms with Crippen LogP contribution in [0.25, 0.3) is 0 Å². The molecule has 50 heavy (non-hydrogen) atoms. The molecule has 0 amide bonds. The lowest BCUT2D eigenvalue weighted by Crippen LogP contribution is -2.16. The summed E-state index contributed by atoms with van der Waals surface area (Å²) in [5.41, 5.74) is 5.23. The van der Waals surface area contributed by atoms with Crippen LogP contribution in [0.5, 0.6) is 0 Å². The van der Waals surface area contributed by atoms with Gasteiger partial charge in [0.05, 0.1) is 136 Å². The molecule has 284 valence electrons. The van der Waals surface area contributed by atoms with Crippen LogP contribution in [0.4, 0.5) is 24.5 Å². The van der Waals surface area contributed by atoms with Gasteiger partial charge in [-0.2, -0.15) is 13.2 Å². The van der Waals surface area contributed by atoms with Crippen molar-refractivity contribution in [2.75, 3.05) is 137 Å². The van der Waals surface area contributed by atoms with Crippen LogP contribution in [0.1, 0.15) is 15.9 Å². The van der Waals surface area contributed by atoms with Gasteiger partial charge >= 0.3 is 12.1 Å². The average molecular weight is 721 g/mol. The Bertz CT molecular complexity index is 1130. The molecular formula is C34H51F3N2O11. The van der Waals surface area contributed by atoms with Crippen molar-refractivity contribution in [2.24, 2.45) is 5.73 Å². The Morgan fingerprint density at radius 2 is 0.940 bits per heavy atom. The number of halogens is 3. The van der Waals surface area contributed by atoms with Crippen molar-refractivity contribution in [1.82, 2.24) is 0 Å². The molecule has 16 heteroatoms. The van der Waals surface area contributed by atoms with E-state index in [1.54, 1.807) is 18.2 Å². The maximum absolute atomic E-state index is 13.0. The fraction of sp³-hybridized carbons (Fsp3) is 0.618. The van der Waals surface area contributed by atoms with Crippen molar-refractivity contribution < 1.29 is 65.3 Å². The van der Waals surface area contributed by atoms with Crippen molar-refractivity contribution in [2.45, 2.75) is 6.18 Å². The van der Waals surface area contributed by atoms with Crippen LogP contribution in [-0.2, 0) is 53.5 Å². The molecular weight excluding hydrogens is 669 g/mol. The third-order valence-corrected chi connectivity index (χ3v) is 6.31. The van der Waals surface area contributed by atoms with E-state index in [1.165, 1.54) is 18.2 Å². The van der Waals surface area contributed by atoms with Gasteiger partial charge in [0.25, 0.3) is 0 Å². The van der Waals surface area contributed by atoms with Crippen LogP contribution in [-0.4, -0.2) is 138 Å². The lowest BCUT2D eigenvalue weighted by Gasteiger charge is -2.13. The van der Waals surface area contributed by atoms with Crippen molar-refractivity contribution in [3.05, 3.63) is 59.7 Å². The molecule has 2 rings (SSSR count). The number of carbonyl (C=O) groups excluding carboxylic acids is 1. The average Bonchev–Trinajstić information content (AvgIpc) is 3.11. The summed E-state index contributed by atoms with van der Waals surface area (Å²) in [6.45, 7) is 8.41. The number of esters is 1. The Morgan fingerprint density at radius 3 is 1.36 bits per heavy atom. The molecule has 0 aromatic heterocycles. The van der Waals surface area contributed by atoms with Gasteiger partial charge in [-0.15, -0.1) is 0 Å². The summed E-state index contributed by atoms with van der Waals surface area (Å²) >= 11 is 0. The van der Waals surface area contributed by atoms with E-state index in [4.69, 9.17) is 53.1 Å². The molecule has 0 fully saturated rings. The quantitative estimate of drug-likeness (QED) is 0.0837. The molecule has 0 saturated carbocycles. The second-order valence-electron chi connectivity index (χ2n) is 10.2. The molecule has 0 aliphatic rings. The molecule has 0 spiro atoms. The van der Waals surface area contributed by atoms with Crippen molar-refractivity contribution in [3.63, 3.8) is 0 Å². The second-order valence-corrected chi connectivity index (χ2v) is 10.2. The summed E-state index contributed by atoms with van der Waals surface area (Å²) in [5.74, 6) is -0.628. The van der Waals surface area contributed by atoms with Gasteiger partial charge in [0.1, 0.15) is 6.61 Å². The Kier molecular flexibility index (Phi) is 24.9. The highest BCUT2D eigenvalue weighted by molar-refractivity contribution is 5.96. The van der Waals surface area contributed by atoms with Gasteiger partial charge in [0, 0.05) is 12.2 Å². The minimum atomic E-state index is -4.48. The number of alkyl halides is 3. The van der Waals surface area contributed by atoms with E-state index in [-0.39, 0.29) is 24.5 Å². The number of hydrogen-bond donors (Lipinski definition) is 2. The van der Waals surface area contributed by atoms with Crippen LogP contribution < -0.4 is 11.1 Å². The number of rotatable bonds is 32. The Labute approximate surface area is 291 Å². The standard InChI is InChI=1S/C34H51F3N2O11/c35-34(36,37)29-4-3-5-30(28-29)39-32-7-2-1-6-31(32)33(40)50-27-26-49-25-24-48-23-22-47-21-20-46-19-18-45-17-16-44-15-14-43-13-12-42-11-10-41-9-8-38/h1-7,28,39H,8-27,38H2. The number of benzene rings is 2. The topological polar surface area (TPSA) is 147 Å². The zero-order chi connectivity index (χ0) is 36.0. The van der Waals surface area contributed by atoms with Gasteiger partial charge in [0.15, 0.2) is 0 Å². The summed E-state index contributed by atoms with van der Waals surface area (Å²) in [7, 11) is 0. The molecule has 0 radical (unpaired) electrons. The molecule has 0 saturated heterocycles. The zero-order valence-electron chi connectivity index (χ0n) is 28.5. The van der Waals surface area contributed by atoms with Crippen molar-refractivity contribution in [3.8, 4) is 0 Å². The molecule has 0 aliphatic carbocycles. The van der Waals surface area contributed by atoms with Gasteiger partial charge in [-0.05, 0) is 30.3 Å². The van der Waals surface area contributed by atoms with E-state index >= 15 is 0 Å². The van der Waals surface area contributed by atoms with E-state index in [2.05, 4.69) is 5.32 Å². The SMILES string of the molecule is NCCOCCOCCOCCOCCOCCOCCOCCOCCOCCOC(=O)c1ccccc1Nc1cccc(C(F)(F)F)c1. The monoisotopic (exact) mass is 720 g/mol. The highest BCUT2D eigenvalue weighted by Gasteiger charge is 2.30. The smallest absolute Gasteiger partial charge is 0.416 e. The van der Waals surface area contributed by atoms with Gasteiger partial charge in [0.2, 0.25) is 0 Å². The number of para-hydroxylation sites is 1. The van der Waals surface area contributed by atoms with Gasteiger partial charge < -0.3 is 58.4 Å². The molecule has 13 nitrogen and oxygen atoms in total. The van der Waals surface area contributed by atoms with Crippen molar-refractivity contribution in [1.29, 1.82) is 0 Å². The van der Waals surface area contributed by atoms with Crippen LogP contribution in [0.2, 0.25) is 0 Å². The van der Waals surface area contributed by atoms with Gasteiger partial charge in [-0.1, -0.05) is 18.2 Å². The molecule has 3 N–H and O–H groups in total. The number of nitrogens with one attached hydrogen (secondary N) is 1. The summed E-state index contributed by atoms with van der Waals surface area (Å²) in [5, 5.41) is 2.86. The Hall–Kier alpha value is -2.90. The fourth-order valence-electron chi connectivity index (χ4n) is 3.91. The first kappa shape index (κ1) is 43.3. The Morgan fingerprint density at radius 1 is 0.540 bits per heavy atom. The first-order chi connectivity index (χ1) is 24.4. The first-order valence-electron chi connectivity index (χ1n) is 16.5. The fourth-order valence-corrected chi connectivity index (χ4v) is 3.91. The Balaban J connectivity index is 1.33. The maximum atomic E-state index is 13.0. The number of ether oxygens (including phenoxy) is 10. The minimum absolute atomic E-state index is 0.000974. The number of carbonyl (C=O) groups is 1. The normalized spacial score (nSPS) is 11.6. The highest BCUT2D eigenvalue weighted by Crippen LogP contribution is 2.32. The van der Waals surface area contributed by atoms with Crippen LogP contribution in [0, 0.1) is 0 Å². The van der Waals surface area contributed by atoms with E-state index < -0.39 is 17.7 Å². The zero-order valence-corrected chi connectivity index (χ0v) is 28.5. The first-order valence-corrected chi connectivity index (χ1v) is 16.5. The molecule has 0 heterocycles. The summed E-state index contributed by atoms with van der Waals surface area (Å²) in [6, 6.07) is 11.1. The molecule has 0 atom stereocenters. The summed E-state index contributed by atoms with van der Waals surface area (Å²) in [4.78, 5) is 12.6. The van der Waals surface area contributed by atoms with Crippen LogP contribution >= 0.6 is 0 Å². The third kappa shape index (κ3) is 22.0. The predicted octanol–water partition coefficient (Wildman–Crippen LogP) is 3.71. The summed E-state index contributed by atoms with van der Waals surface area (Å²) < 4.78 is 93.0. The number of anilines is 2. The van der Waals surface area contributed by atoms with Gasteiger partial charge in [-0.3, -0.25) is 0 Å². The lowest BCUT2D eigenvalue weighted by atomic mass is 10.1. The second kappa shape index (κ2) is 28.8. The van der Waals surface area contributed by atoms with E-state index in [0.29, 0.717) is 125 Å². The molecule has 2 aromatic rings. The maximum Gasteiger partial charge on any atom is 0.416 e. The van der Waals surface area contributed by atoms with Gasteiger partial charge in [-0.25, -0.2) is 4.79 Å². The molecule has 0 bridgehead atoms. The van der Waals surface area contributed by atoms with E-state index in [1.807, 2.05) is 0 Å². The van der Waals surface area contributed by atoms with Crippen LogP contribution in [0.3, 0.4) is 0 Å². The van der Waals surface area contributed by atoms with Crippen LogP contribution in [0.15, 0.2) is 48.5 Å². The minimum Gasteiger partial charge on any atom is -0.460 e. The van der Waals surface area contributed by atoms with Crippen molar-refractivity contribution >= 4 is 17.3 Å². The molecule has 0 aliphatic heterocycles. The highest BCUT2D eigenvalue weighted by atomic mass is 19.4. The van der Waals surface area contributed by atoms with E-state index in [0.717, 1.165) is 12.1 Å². The number of nitrogens with two attached hydrogens (primary N) is 1. The summed E-state index contributed by atoms with van der Waals surface area (Å²) in [6.07, 6.45) is -4.48.